The lowest BCUT2D eigenvalue weighted by molar-refractivity contribution is 0.950. The molecule has 3 aromatic heterocycles. The summed E-state index contributed by atoms with van der Waals surface area (Å²) in [6.07, 6.45) is 0. The molecule has 12 aromatic rings. The Balaban J connectivity index is 1.26. The molecule has 0 amide bonds. The first-order valence-electron chi connectivity index (χ1n) is 27.2. The van der Waals surface area contributed by atoms with E-state index >= 15 is 0 Å². The van der Waals surface area contributed by atoms with Crippen LogP contribution < -0.4 is 20.7 Å². The molecule has 0 bridgehead atoms. The standard InChI is InChI=1S/C57H39N5Si/c1-5-21-40(22-6-1)55-58-56(41-23-19-30-45(39-41)63(42-24-7-2-8-25-42,43-26-9-3-10-27-43)44-28-11-4-12-29-44)60-57(59-55)62-52-37-18-15-33-48(52)49-34-20-38-53(54(49)62)61-50-35-16-13-31-46(50)47-32-14-17-36-51(47)61/h1-39H/i1D,2D,5D,6D,7D,8D,19D,21D,22D,23D,24D,25D,30D,39D. The summed E-state index contributed by atoms with van der Waals surface area (Å²) in [6, 6.07) is 37.5. The van der Waals surface area contributed by atoms with Crippen LogP contribution in [0.5, 0.6) is 0 Å². The van der Waals surface area contributed by atoms with E-state index in [2.05, 4.69) is 4.57 Å². The van der Waals surface area contributed by atoms with E-state index in [-0.39, 0.29) is 16.3 Å². The highest BCUT2D eigenvalue weighted by molar-refractivity contribution is 7.19. The Kier molecular flexibility index (Phi) is 5.96. The Labute approximate surface area is 385 Å². The molecule has 0 saturated heterocycles. The zero-order valence-corrected chi connectivity index (χ0v) is 34.2. The summed E-state index contributed by atoms with van der Waals surface area (Å²) in [5.41, 5.74) is 2.81. The van der Waals surface area contributed by atoms with E-state index in [0.717, 1.165) is 32.6 Å². The molecule has 0 saturated carbocycles. The van der Waals surface area contributed by atoms with E-state index in [0.29, 0.717) is 27.1 Å². The summed E-state index contributed by atoms with van der Waals surface area (Å²) in [4.78, 5) is 14.9. The van der Waals surface area contributed by atoms with Gasteiger partial charge in [-0.15, -0.1) is 0 Å². The van der Waals surface area contributed by atoms with Gasteiger partial charge < -0.3 is 4.57 Å². The van der Waals surface area contributed by atoms with Crippen LogP contribution in [0, 0.1) is 0 Å². The number of aromatic nitrogens is 5. The predicted molar refractivity (Wildman–Crippen MR) is 263 cm³/mol. The molecule has 0 unspecified atom stereocenters. The minimum absolute atomic E-state index is 0.154. The second-order valence-corrected chi connectivity index (χ2v) is 18.6. The Morgan fingerprint density at radius 3 is 1.46 bits per heavy atom. The van der Waals surface area contributed by atoms with E-state index in [1.54, 1.807) is 65.2 Å². The molecule has 0 radical (unpaired) electrons. The van der Waals surface area contributed by atoms with Crippen LogP contribution in [-0.2, 0) is 0 Å². The van der Waals surface area contributed by atoms with Gasteiger partial charge in [-0.1, -0.05) is 212 Å². The van der Waals surface area contributed by atoms with E-state index in [1.165, 1.54) is 0 Å². The van der Waals surface area contributed by atoms with Crippen LogP contribution >= 0.6 is 0 Å². The number of para-hydroxylation sites is 4. The van der Waals surface area contributed by atoms with Crippen molar-refractivity contribution in [2.24, 2.45) is 0 Å². The molecular weight excluding hydrogens is 783 g/mol. The fourth-order valence-electron chi connectivity index (χ4n) is 8.95. The molecule has 12 rings (SSSR count). The van der Waals surface area contributed by atoms with E-state index in [4.69, 9.17) is 23.2 Å². The number of nitrogens with zero attached hydrogens (tertiary/aromatic N) is 5. The second-order valence-electron chi connectivity index (χ2n) is 14.9. The maximum atomic E-state index is 10.5. The quantitative estimate of drug-likeness (QED) is 0.113. The Hall–Kier alpha value is -8.19. The van der Waals surface area contributed by atoms with E-state index in [9.17, 15) is 11.0 Å². The summed E-state index contributed by atoms with van der Waals surface area (Å²) in [5, 5.41) is 3.92. The van der Waals surface area contributed by atoms with Gasteiger partial charge in [-0.2, -0.15) is 9.97 Å². The van der Waals surface area contributed by atoms with Crippen molar-refractivity contribution in [1.29, 1.82) is 0 Å². The minimum Gasteiger partial charge on any atom is -0.307 e. The van der Waals surface area contributed by atoms with Crippen molar-refractivity contribution in [2.75, 3.05) is 0 Å². The monoisotopic (exact) mass is 835 g/mol. The lowest BCUT2D eigenvalue weighted by atomic mass is 10.1. The molecule has 0 aliphatic carbocycles. The van der Waals surface area contributed by atoms with Crippen molar-refractivity contribution < 1.29 is 19.2 Å². The molecule has 0 fully saturated rings. The fraction of sp³-hybridized carbons (Fsp3) is 0. The zero-order chi connectivity index (χ0) is 53.9. The molecule has 5 nitrogen and oxygen atoms in total. The number of hydrogen-bond acceptors (Lipinski definition) is 3. The van der Waals surface area contributed by atoms with E-state index in [1.807, 2.05) is 91.0 Å². The Morgan fingerprint density at radius 2 is 0.841 bits per heavy atom. The molecule has 0 N–H and O–H groups in total. The van der Waals surface area contributed by atoms with Crippen LogP contribution in [-0.4, -0.2) is 32.2 Å². The van der Waals surface area contributed by atoms with Gasteiger partial charge in [0, 0.05) is 32.7 Å². The smallest absolute Gasteiger partial charge is 0.238 e. The van der Waals surface area contributed by atoms with Crippen molar-refractivity contribution in [1.82, 2.24) is 24.1 Å². The SMILES string of the molecule is [2H]c1c([2H])c([2H])c(-c2nc(-c3c([2H])c([2H])c([2H])c([Si](c4ccccc4)(c4ccccc4)c4c([2H])c([2H])c([2H])c([2H])c4[2H])c3[2H])nc(-n3c4ccccc4c4cccc(-n5c6ccccc6c6ccccc65)c43)n2)c([2H])c1[2H]. The Morgan fingerprint density at radius 1 is 0.365 bits per heavy atom. The van der Waals surface area contributed by atoms with Gasteiger partial charge in [-0.25, -0.2) is 4.98 Å². The zero-order valence-electron chi connectivity index (χ0n) is 47.2. The normalized spacial score (nSPS) is 14.9. The highest BCUT2D eigenvalue weighted by Gasteiger charge is 2.41. The maximum Gasteiger partial charge on any atom is 0.238 e. The van der Waals surface area contributed by atoms with Crippen molar-refractivity contribution in [3.8, 4) is 34.4 Å². The molecule has 296 valence electrons. The number of fused-ring (bicyclic) bond motifs is 6. The molecule has 0 atom stereocenters. The lowest BCUT2D eigenvalue weighted by Gasteiger charge is -2.34. The largest absolute Gasteiger partial charge is 0.307 e. The average molecular weight is 836 g/mol. The van der Waals surface area contributed by atoms with E-state index < -0.39 is 115 Å². The second kappa shape index (κ2) is 15.1. The maximum absolute atomic E-state index is 10.5. The molecular formula is C57H39N5Si. The first-order valence-corrected chi connectivity index (χ1v) is 22.2. The predicted octanol–water partition coefficient (Wildman–Crippen LogP) is 10.8. The highest BCUT2D eigenvalue weighted by Crippen LogP contribution is 2.39. The van der Waals surface area contributed by atoms with Gasteiger partial charge in [0.1, 0.15) is 0 Å². The third-order valence-corrected chi connectivity index (χ3v) is 16.0. The third-order valence-electron chi connectivity index (χ3n) is 11.6. The first-order chi connectivity index (χ1) is 37.1. The van der Waals surface area contributed by atoms with Crippen LogP contribution in [0.15, 0.2) is 236 Å². The number of rotatable bonds is 8. The minimum atomic E-state index is -4.61. The molecule has 3 heterocycles. The fourth-order valence-corrected chi connectivity index (χ4v) is 13.1. The molecule has 63 heavy (non-hydrogen) atoms. The Bertz CT molecular complexity index is 4320. The molecule has 9 aromatic carbocycles. The van der Waals surface area contributed by atoms with Crippen LogP contribution in [0.1, 0.15) is 19.2 Å². The summed E-state index contributed by atoms with van der Waals surface area (Å²) in [7, 11) is -4.61. The van der Waals surface area contributed by atoms with Gasteiger partial charge in [-0.3, -0.25) is 4.57 Å². The molecule has 0 aliphatic heterocycles. The average Bonchev–Trinajstić information content (AvgIpc) is 3.99. The third kappa shape index (κ3) is 5.87. The molecule has 6 heteroatoms. The van der Waals surface area contributed by atoms with Gasteiger partial charge in [0.05, 0.1) is 46.9 Å². The van der Waals surface area contributed by atoms with Gasteiger partial charge in [0.25, 0.3) is 0 Å². The molecule has 0 spiro atoms. The summed E-state index contributed by atoms with van der Waals surface area (Å²) < 4.78 is 134. The van der Waals surface area contributed by atoms with Crippen LogP contribution in [0.2, 0.25) is 0 Å². The van der Waals surface area contributed by atoms with Crippen LogP contribution in [0.25, 0.3) is 78.0 Å². The van der Waals surface area contributed by atoms with Crippen LogP contribution in [0.4, 0.5) is 0 Å². The van der Waals surface area contributed by atoms with Crippen molar-refractivity contribution in [2.45, 2.75) is 0 Å². The van der Waals surface area contributed by atoms with Gasteiger partial charge in [-0.05, 0) is 45.0 Å². The number of benzene rings is 9. The van der Waals surface area contributed by atoms with Crippen molar-refractivity contribution in [3.63, 3.8) is 0 Å². The summed E-state index contributed by atoms with van der Waals surface area (Å²) in [5.74, 6) is -1.02. The topological polar surface area (TPSA) is 48.5 Å². The van der Waals surface area contributed by atoms with Gasteiger partial charge in [0.15, 0.2) is 19.7 Å². The van der Waals surface area contributed by atoms with Crippen molar-refractivity contribution in [3.05, 3.63) is 236 Å². The van der Waals surface area contributed by atoms with Gasteiger partial charge in [0.2, 0.25) is 5.95 Å². The van der Waals surface area contributed by atoms with Crippen molar-refractivity contribution >= 4 is 72.4 Å². The first kappa shape index (κ1) is 24.9. The molecule has 0 aliphatic rings. The summed E-state index contributed by atoms with van der Waals surface area (Å²) in [6.45, 7) is 0. The van der Waals surface area contributed by atoms with Crippen LogP contribution in [0.3, 0.4) is 0 Å². The summed E-state index contributed by atoms with van der Waals surface area (Å²) >= 11 is 0. The highest BCUT2D eigenvalue weighted by atomic mass is 28.3. The van der Waals surface area contributed by atoms with Gasteiger partial charge >= 0.3 is 0 Å². The lowest BCUT2D eigenvalue weighted by Crippen LogP contribution is -2.74. The number of hydrogen-bond donors (Lipinski definition) is 0.